The van der Waals surface area contributed by atoms with Crippen molar-refractivity contribution in [3.8, 4) is 0 Å². The zero-order valence-corrected chi connectivity index (χ0v) is 8.23. The van der Waals surface area contributed by atoms with Gasteiger partial charge in [-0.2, -0.15) is 0 Å². The standard InChI is InChI=1S/C6H13N4P/c1-6(2,3)4-5-7-8-9-10(5)11/h4,11H2,1-3H3. The predicted octanol–water partition coefficient (Wildman–Crippen LogP) is 0.900. The highest BCUT2D eigenvalue weighted by Gasteiger charge is 2.14. The number of hydrogen-bond donors (Lipinski definition) is 0. The van der Waals surface area contributed by atoms with Crippen molar-refractivity contribution >= 4 is 9.39 Å². The molecule has 1 heterocycles. The molecule has 5 heteroatoms. The minimum Gasteiger partial charge on any atom is -0.215 e. The Balaban J connectivity index is 2.72. The summed E-state index contributed by atoms with van der Waals surface area (Å²) in [5, 5.41) is 11.1. The van der Waals surface area contributed by atoms with E-state index in [1.807, 2.05) is 0 Å². The molecule has 0 bridgehead atoms. The fourth-order valence-electron chi connectivity index (χ4n) is 0.803. The second-order valence-electron chi connectivity index (χ2n) is 3.78. The number of rotatable bonds is 1. The normalized spacial score (nSPS) is 12.0. The molecule has 0 radical (unpaired) electrons. The first-order valence-electron chi connectivity index (χ1n) is 3.51. The van der Waals surface area contributed by atoms with Crippen LogP contribution in [0.25, 0.3) is 0 Å². The number of tetrazole rings is 1. The lowest BCUT2D eigenvalue weighted by Gasteiger charge is -2.15. The molecule has 0 saturated carbocycles. The molecule has 1 unspecified atom stereocenters. The van der Waals surface area contributed by atoms with E-state index >= 15 is 0 Å². The Kier molecular flexibility index (Phi) is 2.23. The highest BCUT2D eigenvalue weighted by molar-refractivity contribution is 7.14. The van der Waals surface area contributed by atoms with Gasteiger partial charge in [0.2, 0.25) is 0 Å². The molecule has 11 heavy (non-hydrogen) atoms. The van der Waals surface area contributed by atoms with Crippen molar-refractivity contribution in [2.24, 2.45) is 5.41 Å². The zero-order valence-electron chi connectivity index (χ0n) is 7.07. The fraction of sp³-hybridized carbons (Fsp3) is 0.833. The van der Waals surface area contributed by atoms with E-state index in [9.17, 15) is 0 Å². The molecule has 0 aliphatic rings. The predicted molar refractivity (Wildman–Crippen MR) is 46.1 cm³/mol. The maximum absolute atomic E-state index is 3.88. The Morgan fingerprint density at radius 2 is 2.09 bits per heavy atom. The van der Waals surface area contributed by atoms with Crippen LogP contribution in [0.4, 0.5) is 0 Å². The molecule has 0 aromatic carbocycles. The maximum atomic E-state index is 3.88. The van der Waals surface area contributed by atoms with Crippen LogP contribution in [0.2, 0.25) is 0 Å². The van der Waals surface area contributed by atoms with E-state index in [1.165, 1.54) is 0 Å². The summed E-state index contributed by atoms with van der Waals surface area (Å²) in [6.45, 7) is 6.48. The quantitative estimate of drug-likeness (QED) is 0.591. The van der Waals surface area contributed by atoms with Gasteiger partial charge in [0, 0.05) is 6.42 Å². The summed E-state index contributed by atoms with van der Waals surface area (Å²) in [7, 11) is 2.46. The topological polar surface area (TPSA) is 43.6 Å². The van der Waals surface area contributed by atoms with Gasteiger partial charge in [0.25, 0.3) is 0 Å². The van der Waals surface area contributed by atoms with Crippen molar-refractivity contribution in [2.75, 3.05) is 0 Å². The Hall–Kier alpha value is -0.500. The van der Waals surface area contributed by atoms with Gasteiger partial charge < -0.3 is 0 Å². The lowest BCUT2D eigenvalue weighted by atomic mass is 9.92. The Morgan fingerprint density at radius 1 is 1.45 bits per heavy atom. The second kappa shape index (κ2) is 2.86. The lowest BCUT2D eigenvalue weighted by Crippen LogP contribution is -2.11. The molecule has 0 spiro atoms. The van der Waals surface area contributed by atoms with Gasteiger partial charge in [0.05, 0.1) is 0 Å². The van der Waals surface area contributed by atoms with E-state index in [4.69, 9.17) is 0 Å². The molecule has 4 nitrogen and oxygen atoms in total. The summed E-state index contributed by atoms with van der Waals surface area (Å²) in [6, 6.07) is 0. The van der Waals surface area contributed by atoms with Gasteiger partial charge in [0.15, 0.2) is 5.82 Å². The Bertz CT molecular complexity index is 237. The number of nitrogens with zero attached hydrogens (tertiary/aromatic N) is 4. The van der Waals surface area contributed by atoms with E-state index < -0.39 is 0 Å². The molecule has 1 atom stereocenters. The summed E-state index contributed by atoms with van der Waals surface area (Å²) in [5.41, 5.74) is 0.239. The van der Waals surface area contributed by atoms with Gasteiger partial charge in [-0.05, 0) is 25.2 Å². The van der Waals surface area contributed by atoms with Gasteiger partial charge in [-0.15, -0.1) is 5.10 Å². The summed E-state index contributed by atoms with van der Waals surface area (Å²) in [4.78, 5) is 0. The van der Waals surface area contributed by atoms with Crippen molar-refractivity contribution in [1.82, 2.24) is 20.0 Å². The smallest absolute Gasteiger partial charge is 0.154 e. The van der Waals surface area contributed by atoms with Gasteiger partial charge >= 0.3 is 0 Å². The van der Waals surface area contributed by atoms with E-state index in [0.717, 1.165) is 12.2 Å². The molecule has 0 saturated heterocycles. The Morgan fingerprint density at radius 3 is 2.45 bits per heavy atom. The van der Waals surface area contributed by atoms with Crippen molar-refractivity contribution in [3.05, 3.63) is 5.82 Å². The highest BCUT2D eigenvalue weighted by atomic mass is 31.0. The third-order valence-electron chi connectivity index (χ3n) is 1.25. The van der Waals surface area contributed by atoms with Crippen LogP contribution in [0, 0.1) is 5.41 Å². The van der Waals surface area contributed by atoms with Gasteiger partial charge in [-0.3, -0.25) is 0 Å². The van der Waals surface area contributed by atoms with Crippen molar-refractivity contribution < 1.29 is 0 Å². The lowest BCUT2D eigenvalue weighted by molar-refractivity contribution is 0.399. The molecule has 62 valence electrons. The Labute approximate surface area is 68.6 Å². The van der Waals surface area contributed by atoms with Crippen LogP contribution >= 0.6 is 9.39 Å². The van der Waals surface area contributed by atoms with Crippen LogP contribution in [-0.2, 0) is 6.42 Å². The van der Waals surface area contributed by atoms with E-state index in [0.29, 0.717) is 0 Å². The summed E-state index contributed by atoms with van der Waals surface area (Å²) < 4.78 is 1.63. The first kappa shape index (κ1) is 8.60. The third-order valence-corrected chi connectivity index (χ3v) is 1.65. The zero-order chi connectivity index (χ0) is 8.48. The van der Waals surface area contributed by atoms with Gasteiger partial charge in [0.1, 0.15) is 0 Å². The molecule has 1 aromatic rings. The number of aromatic nitrogens is 4. The molecule has 0 aliphatic carbocycles. The van der Waals surface area contributed by atoms with Crippen molar-refractivity contribution in [3.63, 3.8) is 0 Å². The molecule has 0 aliphatic heterocycles. The average molecular weight is 172 g/mol. The molecular weight excluding hydrogens is 159 g/mol. The molecule has 0 N–H and O–H groups in total. The van der Waals surface area contributed by atoms with Crippen LogP contribution in [0.1, 0.15) is 26.6 Å². The van der Waals surface area contributed by atoms with Crippen LogP contribution < -0.4 is 0 Å². The van der Waals surface area contributed by atoms with Crippen LogP contribution in [0.15, 0.2) is 0 Å². The SMILES string of the molecule is CC(C)(C)Cc1nnnn1P. The van der Waals surface area contributed by atoms with Crippen LogP contribution in [-0.4, -0.2) is 20.0 Å². The summed E-state index contributed by atoms with van der Waals surface area (Å²) in [5.74, 6) is 0.905. The van der Waals surface area contributed by atoms with E-state index in [2.05, 4.69) is 45.7 Å². The minimum atomic E-state index is 0.239. The molecular formula is C6H13N4P. The van der Waals surface area contributed by atoms with Gasteiger partial charge in [-0.1, -0.05) is 20.8 Å². The summed E-state index contributed by atoms with van der Waals surface area (Å²) >= 11 is 0. The summed E-state index contributed by atoms with van der Waals surface area (Å²) in [6.07, 6.45) is 0.892. The fourth-order valence-corrected chi connectivity index (χ4v) is 0.992. The van der Waals surface area contributed by atoms with E-state index in [1.54, 1.807) is 4.45 Å². The van der Waals surface area contributed by atoms with Gasteiger partial charge in [-0.25, -0.2) is 4.45 Å². The van der Waals surface area contributed by atoms with Crippen molar-refractivity contribution in [2.45, 2.75) is 27.2 Å². The maximum Gasteiger partial charge on any atom is 0.154 e. The van der Waals surface area contributed by atoms with Crippen LogP contribution in [0.5, 0.6) is 0 Å². The highest BCUT2D eigenvalue weighted by Crippen LogP contribution is 2.18. The first-order chi connectivity index (χ1) is 4.99. The van der Waals surface area contributed by atoms with Crippen molar-refractivity contribution in [1.29, 1.82) is 0 Å². The molecule has 0 fully saturated rings. The third kappa shape index (κ3) is 2.54. The minimum absolute atomic E-state index is 0.239. The molecule has 0 amide bonds. The molecule has 1 aromatic heterocycles. The first-order valence-corrected chi connectivity index (χ1v) is 4.03. The molecule has 1 rings (SSSR count). The van der Waals surface area contributed by atoms with E-state index in [-0.39, 0.29) is 5.41 Å². The average Bonchev–Trinajstić information content (AvgIpc) is 2.12. The largest absolute Gasteiger partial charge is 0.215 e. The second-order valence-corrected chi connectivity index (χ2v) is 4.27. The number of hydrogen-bond acceptors (Lipinski definition) is 3. The van der Waals surface area contributed by atoms with Crippen LogP contribution in [0.3, 0.4) is 0 Å². The monoisotopic (exact) mass is 172 g/mol.